The Morgan fingerprint density at radius 3 is 2.32 bits per heavy atom. The number of carbonyl (C=O) groups is 2. The van der Waals surface area contributed by atoms with Crippen molar-refractivity contribution in [3.63, 3.8) is 0 Å². The van der Waals surface area contributed by atoms with Crippen LogP contribution in [0.25, 0.3) is 0 Å². The number of benzene rings is 1. The van der Waals surface area contributed by atoms with Gasteiger partial charge >= 0.3 is 0 Å². The summed E-state index contributed by atoms with van der Waals surface area (Å²) < 4.78 is 0. The van der Waals surface area contributed by atoms with Gasteiger partial charge in [-0.05, 0) is 23.6 Å². The molecule has 98 valence electrons. The highest BCUT2D eigenvalue weighted by atomic mass is 32.1. The third-order valence-electron chi connectivity index (χ3n) is 2.38. The molecule has 0 aliphatic carbocycles. The van der Waals surface area contributed by atoms with Crippen molar-refractivity contribution in [3.8, 4) is 0 Å². The van der Waals surface area contributed by atoms with Crippen LogP contribution in [0.1, 0.15) is 9.67 Å². The molecule has 2 rings (SSSR count). The molecule has 0 spiro atoms. The molecule has 0 radical (unpaired) electrons. The van der Waals surface area contributed by atoms with Gasteiger partial charge in [-0.2, -0.15) is 0 Å². The number of thiophene rings is 1. The van der Waals surface area contributed by atoms with E-state index in [1.54, 1.807) is 30.3 Å². The molecular formula is C13H13N3O2S. The minimum Gasteiger partial charge on any atom is -0.323 e. The van der Waals surface area contributed by atoms with E-state index in [0.29, 0.717) is 16.3 Å². The number of hydrogen-bond donors (Lipinski definition) is 3. The maximum Gasteiger partial charge on any atom is 0.265 e. The zero-order valence-electron chi connectivity index (χ0n) is 10.1. The Morgan fingerprint density at radius 1 is 1.05 bits per heavy atom. The predicted octanol–water partition coefficient (Wildman–Crippen LogP) is 1.90. The number of rotatable bonds is 4. The Bertz CT molecular complexity index is 581. The summed E-state index contributed by atoms with van der Waals surface area (Å²) in [5.41, 5.74) is 6.33. The van der Waals surface area contributed by atoms with Crippen molar-refractivity contribution in [2.75, 3.05) is 17.2 Å². The van der Waals surface area contributed by atoms with E-state index in [0.717, 1.165) is 0 Å². The number of hydrogen-bond acceptors (Lipinski definition) is 4. The Balaban J connectivity index is 2.16. The van der Waals surface area contributed by atoms with E-state index in [9.17, 15) is 9.59 Å². The summed E-state index contributed by atoms with van der Waals surface area (Å²) in [4.78, 5) is 23.9. The van der Waals surface area contributed by atoms with Gasteiger partial charge in [0.1, 0.15) is 0 Å². The van der Waals surface area contributed by atoms with Gasteiger partial charge in [0, 0.05) is 0 Å². The molecule has 0 bridgehead atoms. The van der Waals surface area contributed by atoms with Crippen molar-refractivity contribution >= 4 is 34.5 Å². The first kappa shape index (κ1) is 13.3. The van der Waals surface area contributed by atoms with Gasteiger partial charge in [-0.25, -0.2) is 0 Å². The largest absolute Gasteiger partial charge is 0.323 e. The summed E-state index contributed by atoms with van der Waals surface area (Å²) in [6.07, 6.45) is 0. The first-order valence-electron chi connectivity index (χ1n) is 5.64. The van der Waals surface area contributed by atoms with Crippen LogP contribution in [-0.4, -0.2) is 18.4 Å². The second-order valence-corrected chi connectivity index (χ2v) is 4.68. The van der Waals surface area contributed by atoms with Crippen molar-refractivity contribution < 1.29 is 9.59 Å². The Kier molecular flexibility index (Phi) is 4.27. The third kappa shape index (κ3) is 3.40. The van der Waals surface area contributed by atoms with E-state index in [4.69, 9.17) is 5.73 Å². The van der Waals surface area contributed by atoms with Crippen LogP contribution >= 0.6 is 11.3 Å². The lowest BCUT2D eigenvalue weighted by atomic mass is 10.2. The minimum atomic E-state index is -0.308. The van der Waals surface area contributed by atoms with E-state index in [1.165, 1.54) is 11.3 Å². The lowest BCUT2D eigenvalue weighted by Crippen LogP contribution is -2.23. The fraction of sp³-hybridized carbons (Fsp3) is 0.0769. The van der Waals surface area contributed by atoms with E-state index in [1.807, 2.05) is 11.4 Å². The van der Waals surface area contributed by atoms with Gasteiger partial charge in [-0.15, -0.1) is 11.3 Å². The highest BCUT2D eigenvalue weighted by Crippen LogP contribution is 2.22. The summed E-state index contributed by atoms with van der Waals surface area (Å²) in [5, 5.41) is 7.22. The summed E-state index contributed by atoms with van der Waals surface area (Å²) in [6.45, 7) is -0.104. The molecular weight excluding hydrogens is 262 g/mol. The van der Waals surface area contributed by atoms with E-state index >= 15 is 0 Å². The van der Waals surface area contributed by atoms with Gasteiger partial charge in [0.25, 0.3) is 5.91 Å². The zero-order valence-corrected chi connectivity index (χ0v) is 10.9. The molecule has 0 atom stereocenters. The zero-order chi connectivity index (χ0) is 13.7. The lowest BCUT2D eigenvalue weighted by Gasteiger charge is -2.11. The Labute approximate surface area is 114 Å². The molecule has 2 aromatic rings. The molecule has 0 aliphatic heterocycles. The second kappa shape index (κ2) is 6.12. The van der Waals surface area contributed by atoms with Gasteiger partial charge in [0.15, 0.2) is 0 Å². The van der Waals surface area contributed by atoms with Crippen LogP contribution in [0.5, 0.6) is 0 Å². The van der Waals surface area contributed by atoms with E-state index in [2.05, 4.69) is 10.6 Å². The van der Waals surface area contributed by atoms with Gasteiger partial charge in [0.05, 0.1) is 22.8 Å². The first-order chi connectivity index (χ1) is 9.20. The molecule has 0 fully saturated rings. The Morgan fingerprint density at radius 2 is 1.74 bits per heavy atom. The average Bonchev–Trinajstić information content (AvgIpc) is 2.95. The molecule has 19 heavy (non-hydrogen) atoms. The monoisotopic (exact) mass is 275 g/mol. The molecule has 0 saturated carbocycles. The summed E-state index contributed by atoms with van der Waals surface area (Å²) in [7, 11) is 0. The number of carbonyl (C=O) groups excluding carboxylic acids is 2. The molecule has 5 nitrogen and oxygen atoms in total. The molecule has 1 heterocycles. The van der Waals surface area contributed by atoms with Crippen molar-refractivity contribution in [2.24, 2.45) is 5.73 Å². The summed E-state index contributed by atoms with van der Waals surface area (Å²) in [5.74, 6) is -0.512. The average molecular weight is 275 g/mol. The van der Waals surface area contributed by atoms with Crippen LogP contribution in [0.2, 0.25) is 0 Å². The highest BCUT2D eigenvalue weighted by Gasteiger charge is 2.10. The molecule has 1 aromatic heterocycles. The molecule has 0 aliphatic rings. The molecule has 0 unspecified atom stereocenters. The molecule has 6 heteroatoms. The third-order valence-corrected chi connectivity index (χ3v) is 3.25. The maximum atomic E-state index is 11.9. The fourth-order valence-corrected chi connectivity index (χ4v) is 2.11. The quantitative estimate of drug-likeness (QED) is 0.796. The van der Waals surface area contributed by atoms with Crippen molar-refractivity contribution in [2.45, 2.75) is 0 Å². The number of anilines is 2. The van der Waals surface area contributed by atoms with Crippen LogP contribution in [0.3, 0.4) is 0 Å². The summed E-state index contributed by atoms with van der Waals surface area (Å²) >= 11 is 1.36. The van der Waals surface area contributed by atoms with Crippen molar-refractivity contribution in [1.29, 1.82) is 0 Å². The molecule has 0 saturated heterocycles. The van der Waals surface area contributed by atoms with Crippen molar-refractivity contribution in [1.82, 2.24) is 0 Å². The maximum absolute atomic E-state index is 11.9. The topological polar surface area (TPSA) is 84.2 Å². The first-order valence-corrected chi connectivity index (χ1v) is 6.52. The second-order valence-electron chi connectivity index (χ2n) is 3.73. The van der Waals surface area contributed by atoms with Gasteiger partial charge in [-0.3, -0.25) is 9.59 Å². The molecule has 1 aromatic carbocycles. The van der Waals surface area contributed by atoms with Crippen molar-refractivity contribution in [3.05, 3.63) is 46.7 Å². The SMILES string of the molecule is NCC(=O)Nc1ccccc1NC(=O)c1cccs1. The predicted molar refractivity (Wildman–Crippen MR) is 76.4 cm³/mol. The standard InChI is InChI=1S/C13H13N3O2S/c14-8-12(17)15-9-4-1-2-5-10(9)16-13(18)11-6-3-7-19-11/h1-7H,8,14H2,(H,15,17)(H,16,18). The van der Waals surface area contributed by atoms with Crippen LogP contribution in [-0.2, 0) is 4.79 Å². The Hall–Kier alpha value is -2.18. The molecule has 2 amide bonds. The smallest absolute Gasteiger partial charge is 0.265 e. The number of para-hydroxylation sites is 2. The number of amides is 2. The minimum absolute atomic E-state index is 0.104. The molecule has 4 N–H and O–H groups in total. The summed E-state index contributed by atoms with van der Waals surface area (Å²) in [6, 6.07) is 10.5. The lowest BCUT2D eigenvalue weighted by molar-refractivity contribution is -0.114. The van der Waals surface area contributed by atoms with Crippen LogP contribution in [0, 0.1) is 0 Å². The van der Waals surface area contributed by atoms with Gasteiger partial charge in [-0.1, -0.05) is 18.2 Å². The van der Waals surface area contributed by atoms with Gasteiger partial charge in [0.2, 0.25) is 5.91 Å². The number of nitrogens with one attached hydrogen (secondary N) is 2. The van der Waals surface area contributed by atoms with E-state index in [-0.39, 0.29) is 18.4 Å². The highest BCUT2D eigenvalue weighted by molar-refractivity contribution is 7.12. The van der Waals surface area contributed by atoms with E-state index < -0.39 is 0 Å². The fourth-order valence-electron chi connectivity index (χ4n) is 1.49. The van der Waals surface area contributed by atoms with Crippen LogP contribution in [0.4, 0.5) is 11.4 Å². The van der Waals surface area contributed by atoms with Crippen LogP contribution < -0.4 is 16.4 Å². The van der Waals surface area contributed by atoms with Crippen LogP contribution in [0.15, 0.2) is 41.8 Å². The number of nitrogens with two attached hydrogens (primary N) is 1. The van der Waals surface area contributed by atoms with Gasteiger partial charge < -0.3 is 16.4 Å². The normalized spacial score (nSPS) is 9.95.